The predicted octanol–water partition coefficient (Wildman–Crippen LogP) is 3.99. The van der Waals surface area contributed by atoms with Gasteiger partial charge in [0.2, 0.25) is 0 Å². The maximum Gasteiger partial charge on any atom is 0.258 e. The van der Waals surface area contributed by atoms with Crippen molar-refractivity contribution in [2.24, 2.45) is 0 Å². The molecule has 0 radical (unpaired) electrons. The van der Waals surface area contributed by atoms with E-state index < -0.39 is 0 Å². The fourth-order valence-corrected chi connectivity index (χ4v) is 3.73. The molecule has 4 aromatic rings. The molecule has 0 bridgehead atoms. The molecule has 0 fully saturated rings. The number of carbonyl (C=O) groups is 1. The highest BCUT2D eigenvalue weighted by molar-refractivity contribution is 5.94. The van der Waals surface area contributed by atoms with Crippen molar-refractivity contribution in [2.45, 2.75) is 27.3 Å². The summed E-state index contributed by atoms with van der Waals surface area (Å²) in [6, 6.07) is 18.9. The number of rotatable bonds is 5. The van der Waals surface area contributed by atoms with Gasteiger partial charge >= 0.3 is 0 Å². The molecule has 0 saturated heterocycles. The van der Waals surface area contributed by atoms with Crippen LogP contribution in [-0.2, 0) is 6.54 Å². The summed E-state index contributed by atoms with van der Waals surface area (Å²) in [5.41, 5.74) is 4.35. The molecule has 0 atom stereocenters. The Morgan fingerprint density at radius 3 is 2.33 bits per heavy atom. The molecule has 1 amide bonds. The highest BCUT2D eigenvalue weighted by Gasteiger charge is 2.17. The minimum absolute atomic E-state index is 0.0965. The van der Waals surface area contributed by atoms with Crippen molar-refractivity contribution in [1.82, 2.24) is 19.4 Å². The minimum atomic E-state index is -0.194. The second-order valence-electron chi connectivity index (χ2n) is 7.35. The molecule has 0 aliphatic rings. The maximum atomic E-state index is 13.1. The zero-order chi connectivity index (χ0) is 21.3. The Morgan fingerprint density at radius 1 is 1.00 bits per heavy atom. The second kappa shape index (κ2) is 7.99. The van der Waals surface area contributed by atoms with Crippen molar-refractivity contribution >= 4 is 16.8 Å². The van der Waals surface area contributed by atoms with Crippen LogP contribution in [0.5, 0.6) is 0 Å². The summed E-state index contributed by atoms with van der Waals surface area (Å²) in [4.78, 5) is 34.4. The zero-order valence-corrected chi connectivity index (χ0v) is 17.3. The summed E-state index contributed by atoms with van der Waals surface area (Å²) in [7, 11) is 0. The molecule has 0 aliphatic heterocycles. The van der Waals surface area contributed by atoms with Crippen molar-refractivity contribution in [3.63, 3.8) is 0 Å². The van der Waals surface area contributed by atoms with Crippen molar-refractivity contribution < 1.29 is 4.79 Å². The summed E-state index contributed by atoms with van der Waals surface area (Å²) in [6.07, 6.45) is 0. The van der Waals surface area contributed by atoms with E-state index in [2.05, 4.69) is 40.5 Å². The van der Waals surface area contributed by atoms with Crippen LogP contribution in [0, 0.1) is 13.8 Å². The van der Waals surface area contributed by atoms with Gasteiger partial charge in [0.25, 0.3) is 11.5 Å². The average molecular weight is 400 g/mol. The number of fused-ring (bicyclic) bond motifs is 1. The molecule has 0 unspecified atom stereocenters. The Morgan fingerprint density at radius 2 is 1.67 bits per heavy atom. The Kier molecular flexibility index (Phi) is 5.23. The lowest BCUT2D eigenvalue weighted by molar-refractivity contribution is 0.0748. The van der Waals surface area contributed by atoms with Gasteiger partial charge in [-0.2, -0.15) is 0 Å². The van der Waals surface area contributed by atoms with E-state index in [1.54, 1.807) is 23.1 Å². The summed E-state index contributed by atoms with van der Waals surface area (Å²) in [5, 5.41) is 0.543. The molecule has 0 aliphatic carbocycles. The molecule has 2 aromatic heterocycles. The SMILES string of the molecule is CCN(Cc1nc2ccccc2c(=O)[nH]1)C(=O)c1ccc(-n2c(C)ccc2C)cc1. The number of H-pyrrole nitrogens is 1. The molecular weight excluding hydrogens is 376 g/mol. The van der Waals surface area contributed by atoms with E-state index in [0.717, 1.165) is 17.1 Å². The topological polar surface area (TPSA) is 71.0 Å². The van der Waals surface area contributed by atoms with Crippen molar-refractivity contribution in [1.29, 1.82) is 0 Å². The molecule has 2 heterocycles. The monoisotopic (exact) mass is 400 g/mol. The third-order valence-electron chi connectivity index (χ3n) is 5.32. The first kappa shape index (κ1) is 19.6. The van der Waals surface area contributed by atoms with Gasteiger partial charge in [-0.3, -0.25) is 9.59 Å². The first-order valence-corrected chi connectivity index (χ1v) is 10.0. The lowest BCUT2D eigenvalue weighted by Gasteiger charge is -2.21. The number of nitrogens with zero attached hydrogens (tertiary/aromatic N) is 3. The van der Waals surface area contributed by atoms with Crippen LogP contribution in [-0.4, -0.2) is 31.9 Å². The van der Waals surface area contributed by atoms with E-state index in [0.29, 0.717) is 28.8 Å². The summed E-state index contributed by atoms with van der Waals surface area (Å²) < 4.78 is 2.15. The minimum Gasteiger partial charge on any atom is -0.331 e. The smallest absolute Gasteiger partial charge is 0.258 e. The highest BCUT2D eigenvalue weighted by Crippen LogP contribution is 2.18. The van der Waals surface area contributed by atoms with E-state index in [4.69, 9.17) is 0 Å². The van der Waals surface area contributed by atoms with Crippen molar-refractivity contribution in [3.8, 4) is 5.69 Å². The van der Waals surface area contributed by atoms with E-state index in [1.165, 1.54) is 0 Å². The molecule has 0 saturated carbocycles. The van der Waals surface area contributed by atoms with Gasteiger partial charge in [0.15, 0.2) is 0 Å². The normalized spacial score (nSPS) is 11.0. The highest BCUT2D eigenvalue weighted by atomic mass is 16.2. The number of aromatic nitrogens is 3. The van der Waals surface area contributed by atoms with E-state index in [-0.39, 0.29) is 18.0 Å². The van der Waals surface area contributed by atoms with Crippen LogP contribution in [0.4, 0.5) is 0 Å². The van der Waals surface area contributed by atoms with Crippen LogP contribution >= 0.6 is 0 Å². The third-order valence-corrected chi connectivity index (χ3v) is 5.32. The Bertz CT molecular complexity index is 1250. The molecule has 0 spiro atoms. The number of carbonyl (C=O) groups excluding carboxylic acids is 1. The summed E-state index contributed by atoms with van der Waals surface area (Å²) in [6.45, 7) is 6.78. The number of amides is 1. The number of hydrogen-bond donors (Lipinski definition) is 1. The first-order chi connectivity index (χ1) is 14.5. The van der Waals surface area contributed by atoms with E-state index in [9.17, 15) is 9.59 Å². The van der Waals surface area contributed by atoms with Gasteiger partial charge in [0.1, 0.15) is 5.82 Å². The van der Waals surface area contributed by atoms with Gasteiger partial charge in [-0.1, -0.05) is 12.1 Å². The standard InChI is InChI=1S/C24H24N4O2/c1-4-27(15-22-25-21-8-6-5-7-20(21)23(29)26-22)24(30)18-11-13-19(14-12-18)28-16(2)9-10-17(28)3/h5-14H,4,15H2,1-3H3,(H,25,26,29). The van der Waals surface area contributed by atoms with Gasteiger partial charge in [-0.15, -0.1) is 0 Å². The molecule has 6 nitrogen and oxygen atoms in total. The second-order valence-corrected chi connectivity index (χ2v) is 7.35. The van der Waals surface area contributed by atoms with Crippen LogP contribution < -0.4 is 5.56 Å². The summed E-state index contributed by atoms with van der Waals surface area (Å²) in [5.74, 6) is 0.380. The lowest BCUT2D eigenvalue weighted by Crippen LogP contribution is -2.32. The third kappa shape index (κ3) is 3.64. The molecule has 152 valence electrons. The Balaban J connectivity index is 1.58. The molecule has 2 aromatic carbocycles. The fraction of sp³-hybridized carbons (Fsp3) is 0.208. The quantitative estimate of drug-likeness (QED) is 0.551. The maximum absolute atomic E-state index is 13.1. The predicted molar refractivity (Wildman–Crippen MR) is 118 cm³/mol. The summed E-state index contributed by atoms with van der Waals surface area (Å²) >= 11 is 0. The number of nitrogens with one attached hydrogen (secondary N) is 1. The van der Waals surface area contributed by atoms with Crippen LogP contribution in [0.2, 0.25) is 0 Å². The number of aryl methyl sites for hydroxylation is 2. The number of para-hydroxylation sites is 1. The Labute approximate surface area is 174 Å². The Hall–Kier alpha value is -3.67. The van der Waals surface area contributed by atoms with Gasteiger partial charge < -0.3 is 14.5 Å². The fourth-order valence-electron chi connectivity index (χ4n) is 3.73. The zero-order valence-electron chi connectivity index (χ0n) is 17.3. The molecule has 6 heteroatoms. The molecular formula is C24H24N4O2. The van der Waals surface area contributed by atoms with Crippen molar-refractivity contribution in [2.75, 3.05) is 6.54 Å². The molecule has 4 rings (SSSR count). The molecule has 30 heavy (non-hydrogen) atoms. The van der Waals surface area contributed by atoms with E-state index in [1.807, 2.05) is 37.3 Å². The lowest BCUT2D eigenvalue weighted by atomic mass is 10.1. The van der Waals surface area contributed by atoms with E-state index >= 15 is 0 Å². The number of hydrogen-bond acceptors (Lipinski definition) is 3. The molecule has 1 N–H and O–H groups in total. The number of benzene rings is 2. The van der Waals surface area contributed by atoms with Crippen LogP contribution in [0.1, 0.15) is 34.5 Å². The largest absolute Gasteiger partial charge is 0.331 e. The van der Waals surface area contributed by atoms with Gasteiger partial charge in [0.05, 0.1) is 17.4 Å². The number of aromatic amines is 1. The van der Waals surface area contributed by atoms with Crippen LogP contribution in [0.15, 0.2) is 65.5 Å². The van der Waals surface area contributed by atoms with Gasteiger partial charge in [-0.25, -0.2) is 4.98 Å². The van der Waals surface area contributed by atoms with Crippen molar-refractivity contribution in [3.05, 3.63) is 93.8 Å². The van der Waals surface area contributed by atoms with Crippen LogP contribution in [0.25, 0.3) is 16.6 Å². The average Bonchev–Trinajstić information content (AvgIpc) is 3.09. The van der Waals surface area contributed by atoms with Crippen LogP contribution in [0.3, 0.4) is 0 Å². The first-order valence-electron chi connectivity index (χ1n) is 10.0. The van der Waals surface area contributed by atoms with Gasteiger partial charge in [0, 0.05) is 29.2 Å². The van der Waals surface area contributed by atoms with Gasteiger partial charge in [-0.05, 0) is 69.3 Å².